The maximum Gasteiger partial charge on any atom is 0.246 e. The van der Waals surface area contributed by atoms with Crippen molar-refractivity contribution in [1.29, 1.82) is 0 Å². The molecule has 1 aromatic carbocycles. The topological polar surface area (TPSA) is 49.4 Å². The van der Waals surface area contributed by atoms with Crippen LogP contribution in [0.2, 0.25) is 0 Å². The zero-order valence-electron chi connectivity index (χ0n) is 13.5. The second-order valence-corrected chi connectivity index (χ2v) is 5.99. The molecule has 1 N–H and O–H groups in total. The molecule has 4 nitrogen and oxygen atoms in total. The molecule has 1 saturated heterocycles. The fourth-order valence-electron chi connectivity index (χ4n) is 3.01. The molecule has 0 radical (unpaired) electrons. The zero-order chi connectivity index (χ0) is 15.7. The Bertz CT molecular complexity index is 557. The molecule has 1 heterocycles. The second-order valence-electron chi connectivity index (χ2n) is 5.99. The van der Waals surface area contributed by atoms with Gasteiger partial charge in [0.1, 0.15) is 12.1 Å². The molecule has 1 aliphatic rings. The van der Waals surface area contributed by atoms with Gasteiger partial charge in [-0.15, -0.1) is 0 Å². The third kappa shape index (κ3) is 2.94. The molecule has 0 bridgehead atoms. The number of nitrogens with zero attached hydrogens (tertiary/aromatic N) is 1. The molecule has 2 rings (SSSR count). The van der Waals surface area contributed by atoms with Crippen molar-refractivity contribution in [2.45, 2.75) is 59.7 Å². The molecule has 0 aliphatic carbocycles. The van der Waals surface area contributed by atoms with Gasteiger partial charge in [-0.05, 0) is 50.8 Å². The van der Waals surface area contributed by atoms with Crippen molar-refractivity contribution >= 4 is 11.8 Å². The van der Waals surface area contributed by atoms with Crippen molar-refractivity contribution in [2.75, 3.05) is 0 Å². The van der Waals surface area contributed by atoms with Crippen LogP contribution in [0.4, 0.5) is 0 Å². The van der Waals surface area contributed by atoms with E-state index in [1.54, 1.807) is 11.8 Å². The molecule has 1 aliphatic heterocycles. The van der Waals surface area contributed by atoms with Crippen LogP contribution in [-0.4, -0.2) is 28.8 Å². The summed E-state index contributed by atoms with van der Waals surface area (Å²) < 4.78 is 0. The molecule has 2 atom stereocenters. The third-order valence-electron chi connectivity index (χ3n) is 4.32. The number of carbonyl (C=O) groups excluding carboxylic acids is 2. The number of hydrogen-bond acceptors (Lipinski definition) is 2. The summed E-state index contributed by atoms with van der Waals surface area (Å²) in [6, 6.07) is 3.44. The summed E-state index contributed by atoms with van der Waals surface area (Å²) in [5, 5.41) is 2.79. The predicted octanol–water partition coefficient (Wildman–Crippen LogP) is 2.24. The SMILES string of the molecule is CCC1NC(=O)C(C)N(Cc2c(C)cc(C)cc2C)C1=O. The Morgan fingerprint density at radius 1 is 1.14 bits per heavy atom. The van der Waals surface area contributed by atoms with Crippen molar-refractivity contribution in [3.8, 4) is 0 Å². The monoisotopic (exact) mass is 288 g/mol. The lowest BCUT2D eigenvalue weighted by Crippen LogP contribution is -2.61. The Morgan fingerprint density at radius 3 is 2.24 bits per heavy atom. The Labute approximate surface area is 126 Å². The molecule has 2 amide bonds. The van der Waals surface area contributed by atoms with E-state index in [1.165, 1.54) is 16.7 Å². The van der Waals surface area contributed by atoms with Gasteiger partial charge in [-0.25, -0.2) is 0 Å². The number of rotatable bonds is 3. The maximum absolute atomic E-state index is 12.5. The quantitative estimate of drug-likeness (QED) is 0.927. The normalized spacial score (nSPS) is 22.4. The third-order valence-corrected chi connectivity index (χ3v) is 4.32. The lowest BCUT2D eigenvalue weighted by Gasteiger charge is -2.37. The predicted molar refractivity (Wildman–Crippen MR) is 82.9 cm³/mol. The molecule has 21 heavy (non-hydrogen) atoms. The summed E-state index contributed by atoms with van der Waals surface area (Å²) in [7, 11) is 0. The number of carbonyl (C=O) groups is 2. The van der Waals surface area contributed by atoms with E-state index in [9.17, 15) is 9.59 Å². The molecule has 1 fully saturated rings. The minimum absolute atomic E-state index is 0.0176. The maximum atomic E-state index is 12.5. The summed E-state index contributed by atoms with van der Waals surface area (Å²) in [6.07, 6.45) is 0.625. The van der Waals surface area contributed by atoms with Crippen molar-refractivity contribution in [1.82, 2.24) is 10.2 Å². The molecule has 4 heteroatoms. The average Bonchev–Trinajstić information content (AvgIpc) is 2.41. The number of nitrogens with one attached hydrogen (secondary N) is 1. The Balaban J connectivity index is 2.32. The van der Waals surface area contributed by atoms with E-state index in [2.05, 4.69) is 38.2 Å². The average molecular weight is 288 g/mol. The fraction of sp³-hybridized carbons (Fsp3) is 0.529. The van der Waals surface area contributed by atoms with Crippen LogP contribution in [0, 0.1) is 20.8 Å². The van der Waals surface area contributed by atoms with Gasteiger partial charge < -0.3 is 10.2 Å². The van der Waals surface area contributed by atoms with Crippen LogP contribution >= 0.6 is 0 Å². The minimum atomic E-state index is -0.416. The van der Waals surface area contributed by atoms with Gasteiger partial charge in [0, 0.05) is 6.54 Å². The Morgan fingerprint density at radius 2 is 1.71 bits per heavy atom. The summed E-state index contributed by atoms with van der Waals surface area (Å²) >= 11 is 0. The van der Waals surface area contributed by atoms with E-state index in [1.807, 2.05) is 6.92 Å². The van der Waals surface area contributed by atoms with Crippen molar-refractivity contribution in [2.24, 2.45) is 0 Å². The standard InChI is InChI=1S/C17H24N2O2/c1-6-15-17(21)19(13(5)16(20)18-15)9-14-11(3)7-10(2)8-12(14)4/h7-8,13,15H,6,9H2,1-5H3,(H,18,20). The lowest BCUT2D eigenvalue weighted by molar-refractivity contribution is -0.149. The van der Waals surface area contributed by atoms with E-state index >= 15 is 0 Å². The van der Waals surface area contributed by atoms with Crippen molar-refractivity contribution in [3.05, 3.63) is 34.4 Å². The van der Waals surface area contributed by atoms with Crippen molar-refractivity contribution in [3.63, 3.8) is 0 Å². The highest BCUT2D eigenvalue weighted by atomic mass is 16.2. The number of amides is 2. The second kappa shape index (κ2) is 5.88. The van der Waals surface area contributed by atoms with E-state index < -0.39 is 6.04 Å². The Kier molecular flexibility index (Phi) is 4.35. The lowest BCUT2D eigenvalue weighted by atomic mass is 9.97. The van der Waals surface area contributed by atoms with Gasteiger partial charge in [-0.2, -0.15) is 0 Å². The highest BCUT2D eigenvalue weighted by Gasteiger charge is 2.37. The first-order chi connectivity index (χ1) is 9.85. The number of hydrogen-bond donors (Lipinski definition) is 1. The molecule has 1 aromatic rings. The largest absolute Gasteiger partial charge is 0.343 e. The first-order valence-corrected chi connectivity index (χ1v) is 7.52. The Hall–Kier alpha value is -1.84. The van der Waals surface area contributed by atoms with Crippen LogP contribution in [-0.2, 0) is 16.1 Å². The molecule has 114 valence electrons. The van der Waals surface area contributed by atoms with Crippen LogP contribution in [0.3, 0.4) is 0 Å². The molecule has 0 spiro atoms. The van der Waals surface area contributed by atoms with Gasteiger partial charge in [-0.1, -0.05) is 24.6 Å². The van der Waals surface area contributed by atoms with E-state index in [4.69, 9.17) is 0 Å². The zero-order valence-corrected chi connectivity index (χ0v) is 13.5. The van der Waals surface area contributed by atoms with Crippen LogP contribution in [0.5, 0.6) is 0 Å². The summed E-state index contributed by atoms with van der Waals surface area (Å²) in [5.74, 6) is -0.0483. The molecule has 0 saturated carbocycles. The van der Waals surface area contributed by atoms with Crippen LogP contribution in [0.1, 0.15) is 42.5 Å². The summed E-state index contributed by atoms with van der Waals surface area (Å²) in [6.45, 7) is 10.4. The van der Waals surface area contributed by atoms with Crippen LogP contribution < -0.4 is 5.32 Å². The van der Waals surface area contributed by atoms with Gasteiger partial charge in [-0.3, -0.25) is 9.59 Å². The van der Waals surface area contributed by atoms with Crippen LogP contribution in [0.25, 0.3) is 0 Å². The van der Waals surface area contributed by atoms with Gasteiger partial charge in [0.05, 0.1) is 0 Å². The van der Waals surface area contributed by atoms with Crippen LogP contribution in [0.15, 0.2) is 12.1 Å². The number of aryl methyl sites for hydroxylation is 3. The van der Waals surface area contributed by atoms with Gasteiger partial charge in [0.15, 0.2) is 0 Å². The fourth-order valence-corrected chi connectivity index (χ4v) is 3.01. The van der Waals surface area contributed by atoms with Gasteiger partial charge >= 0.3 is 0 Å². The number of benzene rings is 1. The van der Waals surface area contributed by atoms with Gasteiger partial charge in [0.25, 0.3) is 0 Å². The minimum Gasteiger partial charge on any atom is -0.343 e. The van der Waals surface area contributed by atoms with E-state index in [0.29, 0.717) is 13.0 Å². The van der Waals surface area contributed by atoms with E-state index in [0.717, 1.165) is 5.56 Å². The van der Waals surface area contributed by atoms with Crippen molar-refractivity contribution < 1.29 is 9.59 Å². The number of piperazine rings is 1. The molecule has 2 unspecified atom stereocenters. The highest BCUT2D eigenvalue weighted by Crippen LogP contribution is 2.22. The summed E-state index contributed by atoms with van der Waals surface area (Å²) in [5.41, 5.74) is 4.71. The summed E-state index contributed by atoms with van der Waals surface area (Å²) in [4.78, 5) is 26.3. The smallest absolute Gasteiger partial charge is 0.246 e. The molecule has 0 aromatic heterocycles. The first-order valence-electron chi connectivity index (χ1n) is 7.52. The van der Waals surface area contributed by atoms with Gasteiger partial charge in [0.2, 0.25) is 11.8 Å². The molecular weight excluding hydrogens is 264 g/mol. The van der Waals surface area contributed by atoms with E-state index in [-0.39, 0.29) is 17.9 Å². The highest BCUT2D eigenvalue weighted by molar-refractivity contribution is 5.96. The first kappa shape index (κ1) is 15.5. The molecular formula is C17H24N2O2.